The highest BCUT2D eigenvalue weighted by Gasteiger charge is 2.32. The molecule has 88 valence electrons. The maximum absolute atomic E-state index is 3.43. The van der Waals surface area contributed by atoms with Gasteiger partial charge in [0, 0.05) is 16.2 Å². The molecule has 1 aromatic carbocycles. The maximum atomic E-state index is 3.43. The van der Waals surface area contributed by atoms with E-state index in [2.05, 4.69) is 62.2 Å². The van der Waals surface area contributed by atoms with E-state index in [1.165, 1.54) is 23.3 Å². The smallest absolute Gasteiger partial charge is 0.0135 e. The monoisotopic (exact) mass is 235 g/mol. The SMILES string of the molecule is CNC1CCC(Sc2cccc(C)c2)C1C. The van der Waals surface area contributed by atoms with Gasteiger partial charge in [0.25, 0.3) is 0 Å². The molecule has 1 saturated carbocycles. The van der Waals surface area contributed by atoms with Crippen molar-refractivity contribution >= 4 is 11.8 Å². The Balaban J connectivity index is 2.00. The van der Waals surface area contributed by atoms with E-state index in [0.717, 1.165) is 11.2 Å². The zero-order chi connectivity index (χ0) is 11.5. The van der Waals surface area contributed by atoms with Gasteiger partial charge in [-0.15, -0.1) is 11.8 Å². The summed E-state index contributed by atoms with van der Waals surface area (Å²) in [5.41, 5.74) is 1.36. The normalized spacial score (nSPS) is 29.6. The fraction of sp³-hybridized carbons (Fsp3) is 0.571. The third kappa shape index (κ3) is 2.61. The van der Waals surface area contributed by atoms with Crippen molar-refractivity contribution in [2.45, 2.75) is 42.9 Å². The second-order valence-corrected chi connectivity index (χ2v) is 6.12. The Labute approximate surface area is 103 Å². The summed E-state index contributed by atoms with van der Waals surface area (Å²) in [5.74, 6) is 0.774. The van der Waals surface area contributed by atoms with Gasteiger partial charge in [0.05, 0.1) is 0 Å². The predicted octanol–water partition coefficient (Wildman–Crippen LogP) is 3.47. The molecule has 1 nitrogen and oxygen atoms in total. The molecule has 1 fully saturated rings. The molecule has 3 atom stereocenters. The molecule has 1 N–H and O–H groups in total. The lowest BCUT2D eigenvalue weighted by Gasteiger charge is -2.20. The maximum Gasteiger partial charge on any atom is 0.0135 e. The van der Waals surface area contributed by atoms with Crippen LogP contribution in [0.15, 0.2) is 29.2 Å². The number of aryl methyl sites for hydroxylation is 1. The number of hydrogen-bond acceptors (Lipinski definition) is 2. The molecule has 0 bridgehead atoms. The van der Waals surface area contributed by atoms with Crippen LogP contribution in [-0.4, -0.2) is 18.3 Å². The second kappa shape index (κ2) is 5.24. The van der Waals surface area contributed by atoms with Crippen molar-refractivity contribution < 1.29 is 0 Å². The van der Waals surface area contributed by atoms with Crippen molar-refractivity contribution in [2.24, 2.45) is 5.92 Å². The molecule has 0 aromatic heterocycles. The molecular formula is C14H21NS. The lowest BCUT2D eigenvalue weighted by atomic mass is 10.1. The molecule has 1 aromatic rings. The van der Waals surface area contributed by atoms with Gasteiger partial charge in [-0.25, -0.2) is 0 Å². The molecule has 0 heterocycles. The molecule has 0 aliphatic heterocycles. The molecule has 1 aliphatic carbocycles. The van der Waals surface area contributed by atoms with Gasteiger partial charge in [0.1, 0.15) is 0 Å². The van der Waals surface area contributed by atoms with Crippen molar-refractivity contribution in [1.29, 1.82) is 0 Å². The standard InChI is InChI=1S/C14H21NS/c1-10-5-4-6-12(9-10)16-14-8-7-13(15-3)11(14)2/h4-6,9,11,13-15H,7-8H2,1-3H3. The quantitative estimate of drug-likeness (QED) is 0.861. The van der Waals surface area contributed by atoms with Gasteiger partial charge >= 0.3 is 0 Å². The Bertz CT molecular complexity index is 350. The summed E-state index contributed by atoms with van der Waals surface area (Å²) >= 11 is 2.05. The number of nitrogens with one attached hydrogen (secondary N) is 1. The van der Waals surface area contributed by atoms with Crippen LogP contribution in [-0.2, 0) is 0 Å². The molecule has 0 spiro atoms. The van der Waals surface area contributed by atoms with Gasteiger partial charge in [-0.2, -0.15) is 0 Å². The molecule has 2 rings (SSSR count). The van der Waals surface area contributed by atoms with Gasteiger partial charge in [0.2, 0.25) is 0 Å². The van der Waals surface area contributed by atoms with E-state index >= 15 is 0 Å². The minimum atomic E-state index is 0.710. The lowest BCUT2D eigenvalue weighted by molar-refractivity contribution is 0.464. The highest BCUT2D eigenvalue weighted by molar-refractivity contribution is 8.00. The average molecular weight is 235 g/mol. The van der Waals surface area contributed by atoms with Gasteiger partial charge < -0.3 is 5.32 Å². The van der Waals surface area contributed by atoms with Crippen LogP contribution in [0.25, 0.3) is 0 Å². The zero-order valence-corrected chi connectivity index (χ0v) is 11.2. The summed E-state index contributed by atoms with van der Waals surface area (Å²) in [6.07, 6.45) is 2.66. The summed E-state index contributed by atoms with van der Waals surface area (Å²) in [5, 5.41) is 4.20. The van der Waals surface area contributed by atoms with E-state index in [4.69, 9.17) is 0 Å². The Kier molecular flexibility index (Phi) is 3.93. The molecule has 0 radical (unpaired) electrons. The van der Waals surface area contributed by atoms with Crippen molar-refractivity contribution in [1.82, 2.24) is 5.32 Å². The Morgan fingerprint density at radius 3 is 2.75 bits per heavy atom. The highest BCUT2D eigenvalue weighted by atomic mass is 32.2. The van der Waals surface area contributed by atoms with Gasteiger partial charge in [-0.3, -0.25) is 0 Å². The fourth-order valence-electron chi connectivity index (χ4n) is 2.57. The van der Waals surface area contributed by atoms with Crippen LogP contribution in [0.3, 0.4) is 0 Å². The van der Waals surface area contributed by atoms with Crippen molar-refractivity contribution in [3.8, 4) is 0 Å². The van der Waals surface area contributed by atoms with E-state index in [9.17, 15) is 0 Å². The lowest BCUT2D eigenvalue weighted by Crippen LogP contribution is -2.29. The first-order chi connectivity index (χ1) is 7.70. The average Bonchev–Trinajstić information content (AvgIpc) is 2.60. The molecule has 0 saturated heterocycles. The molecule has 3 unspecified atom stereocenters. The largest absolute Gasteiger partial charge is 0.317 e. The molecule has 2 heteroatoms. The number of rotatable bonds is 3. The second-order valence-electron chi connectivity index (χ2n) is 4.80. The van der Waals surface area contributed by atoms with Crippen molar-refractivity contribution in [3.63, 3.8) is 0 Å². The first kappa shape index (κ1) is 12.0. The first-order valence-corrected chi connectivity index (χ1v) is 6.99. The van der Waals surface area contributed by atoms with Gasteiger partial charge in [-0.05, 0) is 44.9 Å². The minimum absolute atomic E-state index is 0.710. The summed E-state index contributed by atoms with van der Waals surface area (Å²) < 4.78 is 0. The summed E-state index contributed by atoms with van der Waals surface area (Å²) in [7, 11) is 2.08. The zero-order valence-electron chi connectivity index (χ0n) is 10.4. The summed E-state index contributed by atoms with van der Waals surface area (Å²) in [6.45, 7) is 4.54. The van der Waals surface area contributed by atoms with Crippen molar-refractivity contribution in [2.75, 3.05) is 7.05 Å². The van der Waals surface area contributed by atoms with Crippen LogP contribution < -0.4 is 5.32 Å². The van der Waals surface area contributed by atoms with Crippen LogP contribution in [0.1, 0.15) is 25.3 Å². The molecule has 0 amide bonds. The van der Waals surface area contributed by atoms with Crippen LogP contribution in [0.4, 0.5) is 0 Å². The van der Waals surface area contributed by atoms with Crippen LogP contribution >= 0.6 is 11.8 Å². The van der Waals surface area contributed by atoms with Gasteiger partial charge in [-0.1, -0.05) is 24.6 Å². The first-order valence-electron chi connectivity index (χ1n) is 6.11. The number of benzene rings is 1. The molecule has 1 aliphatic rings. The number of thioether (sulfide) groups is 1. The predicted molar refractivity (Wildman–Crippen MR) is 72.1 cm³/mol. The Morgan fingerprint density at radius 2 is 2.12 bits per heavy atom. The Hall–Kier alpha value is -0.470. The fourth-order valence-corrected chi connectivity index (χ4v) is 3.98. The van der Waals surface area contributed by atoms with E-state index in [-0.39, 0.29) is 0 Å². The van der Waals surface area contributed by atoms with E-state index in [1.54, 1.807) is 0 Å². The van der Waals surface area contributed by atoms with Crippen LogP contribution in [0, 0.1) is 12.8 Å². The number of hydrogen-bond donors (Lipinski definition) is 1. The minimum Gasteiger partial charge on any atom is -0.317 e. The molecular weight excluding hydrogens is 214 g/mol. The summed E-state index contributed by atoms with van der Waals surface area (Å²) in [4.78, 5) is 1.42. The third-order valence-corrected chi connectivity index (χ3v) is 5.12. The Morgan fingerprint density at radius 1 is 1.31 bits per heavy atom. The van der Waals surface area contributed by atoms with E-state index in [0.29, 0.717) is 6.04 Å². The third-order valence-electron chi connectivity index (χ3n) is 3.63. The van der Waals surface area contributed by atoms with Crippen molar-refractivity contribution in [3.05, 3.63) is 29.8 Å². The molecule has 16 heavy (non-hydrogen) atoms. The van der Waals surface area contributed by atoms with E-state index in [1.807, 2.05) is 0 Å². The highest BCUT2D eigenvalue weighted by Crippen LogP contribution is 2.38. The topological polar surface area (TPSA) is 12.0 Å². The van der Waals surface area contributed by atoms with Crippen LogP contribution in [0.5, 0.6) is 0 Å². The van der Waals surface area contributed by atoms with Gasteiger partial charge in [0.15, 0.2) is 0 Å². The summed E-state index contributed by atoms with van der Waals surface area (Å²) in [6, 6.07) is 9.56. The van der Waals surface area contributed by atoms with Crippen LogP contribution in [0.2, 0.25) is 0 Å². The van der Waals surface area contributed by atoms with E-state index < -0.39 is 0 Å².